The molecule has 0 amide bonds. The maximum Gasteiger partial charge on any atom is 0.143 e. The number of para-hydroxylation sites is 5. The van der Waals surface area contributed by atoms with Crippen LogP contribution in [0.4, 0.5) is 17.1 Å². The molecule has 71 heavy (non-hydrogen) atoms. The summed E-state index contributed by atoms with van der Waals surface area (Å²) in [6.07, 6.45) is 0. The van der Waals surface area contributed by atoms with Crippen LogP contribution in [0.5, 0.6) is 0 Å². The monoisotopic (exact) mass is 904 g/mol. The van der Waals surface area contributed by atoms with Gasteiger partial charge in [0.25, 0.3) is 0 Å². The minimum absolute atomic E-state index is 0.861. The van der Waals surface area contributed by atoms with Gasteiger partial charge < -0.3 is 13.9 Å². The number of hydrogen-bond donors (Lipinski definition) is 0. The van der Waals surface area contributed by atoms with Crippen molar-refractivity contribution >= 4 is 82.4 Å². The first kappa shape index (κ1) is 40.6. The van der Waals surface area contributed by atoms with Crippen molar-refractivity contribution in [2.24, 2.45) is 0 Å². The topological polar surface area (TPSA) is 21.3 Å². The molecule has 2 heterocycles. The molecule has 332 valence electrons. The van der Waals surface area contributed by atoms with E-state index in [2.05, 4.69) is 270 Å². The van der Waals surface area contributed by atoms with Crippen LogP contribution in [0.15, 0.2) is 271 Å². The highest BCUT2D eigenvalue weighted by molar-refractivity contribution is 6.12. The van der Waals surface area contributed by atoms with Crippen molar-refractivity contribution in [3.05, 3.63) is 267 Å². The summed E-state index contributed by atoms with van der Waals surface area (Å²) in [5.74, 6) is 0. The molecular formula is C68H44N2O. The average Bonchev–Trinajstić information content (AvgIpc) is 4.00. The molecule has 3 nitrogen and oxygen atoms in total. The molecule has 0 N–H and O–H groups in total. The standard InChI is InChI=1S/C68H44N2O/c1-3-20-52-45(16-1)18-13-26-54(52)47-34-39-50(40-35-47)69(51-41-36-48(37-42-51)55-27-14-19-46-17-2-4-21-53(46)55)66-43-38-49(44-62(66)61-29-15-28-60-59-25-8-12-33-67(59)71-68(60)61)56-22-5-9-30-63(56)70-64-31-10-6-23-57(64)58-24-7-11-32-65(58)70/h1-44H. The molecule has 0 radical (unpaired) electrons. The first-order valence-corrected chi connectivity index (χ1v) is 24.3. The summed E-state index contributed by atoms with van der Waals surface area (Å²) in [7, 11) is 0. The van der Waals surface area contributed by atoms with Crippen molar-refractivity contribution in [2.45, 2.75) is 0 Å². The van der Waals surface area contributed by atoms with Crippen LogP contribution >= 0.6 is 0 Å². The number of rotatable bonds is 8. The molecule has 0 fully saturated rings. The van der Waals surface area contributed by atoms with Crippen LogP contribution < -0.4 is 4.90 Å². The zero-order chi connectivity index (χ0) is 46.8. The van der Waals surface area contributed by atoms with Gasteiger partial charge in [0, 0.05) is 49.6 Å². The van der Waals surface area contributed by atoms with E-state index in [1.54, 1.807) is 0 Å². The van der Waals surface area contributed by atoms with Gasteiger partial charge in [0.1, 0.15) is 11.2 Å². The van der Waals surface area contributed by atoms with Gasteiger partial charge in [-0.05, 0) is 110 Å². The van der Waals surface area contributed by atoms with Gasteiger partial charge in [0.2, 0.25) is 0 Å². The van der Waals surface area contributed by atoms with Gasteiger partial charge in [-0.1, -0.05) is 206 Å². The second-order valence-electron chi connectivity index (χ2n) is 18.4. The quantitative estimate of drug-likeness (QED) is 0.151. The van der Waals surface area contributed by atoms with Gasteiger partial charge in [0.15, 0.2) is 0 Å². The second kappa shape index (κ2) is 16.7. The van der Waals surface area contributed by atoms with Crippen molar-refractivity contribution in [1.82, 2.24) is 4.57 Å². The lowest BCUT2D eigenvalue weighted by molar-refractivity contribution is 0.670. The molecule has 14 rings (SSSR count). The summed E-state index contributed by atoms with van der Waals surface area (Å²) in [6.45, 7) is 0. The maximum atomic E-state index is 6.89. The molecule has 0 spiro atoms. The smallest absolute Gasteiger partial charge is 0.143 e. The highest BCUT2D eigenvalue weighted by atomic mass is 16.3. The summed E-state index contributed by atoms with van der Waals surface area (Å²) >= 11 is 0. The van der Waals surface area contributed by atoms with Gasteiger partial charge in [0.05, 0.1) is 22.4 Å². The van der Waals surface area contributed by atoms with E-state index in [4.69, 9.17) is 4.42 Å². The van der Waals surface area contributed by atoms with E-state index in [0.29, 0.717) is 0 Å². The SMILES string of the molecule is c1ccc(-n2c3ccccc3c3ccccc32)c(-c2ccc(N(c3ccc(-c4cccc5ccccc45)cc3)c3ccc(-c4cccc5ccccc45)cc3)c(-c3cccc4c3oc3ccccc34)c2)c1. The van der Waals surface area contributed by atoms with E-state index >= 15 is 0 Å². The van der Waals surface area contributed by atoms with E-state index in [1.165, 1.54) is 65.6 Å². The Hall–Kier alpha value is -9.44. The molecule has 0 aliphatic carbocycles. The summed E-state index contributed by atoms with van der Waals surface area (Å²) in [4.78, 5) is 2.42. The number of fused-ring (bicyclic) bond motifs is 8. The first-order chi connectivity index (χ1) is 35.2. The Morgan fingerprint density at radius 3 is 1.38 bits per heavy atom. The van der Waals surface area contributed by atoms with Crippen LogP contribution in [0.25, 0.3) is 115 Å². The lowest BCUT2D eigenvalue weighted by Gasteiger charge is -2.29. The Kier molecular flexibility index (Phi) is 9.53. The Morgan fingerprint density at radius 1 is 0.296 bits per heavy atom. The number of furan rings is 1. The van der Waals surface area contributed by atoms with Crippen LogP contribution in [0.2, 0.25) is 0 Å². The minimum Gasteiger partial charge on any atom is -0.455 e. The molecule has 0 aliphatic heterocycles. The highest BCUT2D eigenvalue weighted by Gasteiger charge is 2.23. The second-order valence-corrected chi connectivity index (χ2v) is 18.4. The van der Waals surface area contributed by atoms with Crippen molar-refractivity contribution in [3.8, 4) is 50.2 Å². The van der Waals surface area contributed by atoms with Gasteiger partial charge in [-0.25, -0.2) is 0 Å². The van der Waals surface area contributed by atoms with E-state index in [1.807, 2.05) is 6.07 Å². The third-order valence-corrected chi connectivity index (χ3v) is 14.4. The van der Waals surface area contributed by atoms with Crippen molar-refractivity contribution in [3.63, 3.8) is 0 Å². The molecule has 0 aliphatic rings. The molecule has 12 aromatic carbocycles. The van der Waals surface area contributed by atoms with Crippen LogP contribution in [-0.4, -0.2) is 4.57 Å². The van der Waals surface area contributed by atoms with Crippen molar-refractivity contribution in [1.29, 1.82) is 0 Å². The Labute approximate surface area is 411 Å². The van der Waals surface area contributed by atoms with Crippen LogP contribution in [-0.2, 0) is 0 Å². The zero-order valence-corrected chi connectivity index (χ0v) is 38.7. The molecule has 14 aromatic rings. The van der Waals surface area contributed by atoms with E-state index in [-0.39, 0.29) is 0 Å². The summed E-state index contributed by atoms with van der Waals surface area (Å²) in [5, 5.41) is 9.59. The van der Waals surface area contributed by atoms with Crippen LogP contribution in [0.1, 0.15) is 0 Å². The molecule has 0 saturated heterocycles. The van der Waals surface area contributed by atoms with E-state index in [0.717, 1.165) is 66.9 Å². The maximum absolute atomic E-state index is 6.89. The van der Waals surface area contributed by atoms with Crippen LogP contribution in [0.3, 0.4) is 0 Å². The fraction of sp³-hybridized carbons (Fsp3) is 0. The molecule has 0 bridgehead atoms. The Morgan fingerprint density at radius 2 is 0.746 bits per heavy atom. The number of aromatic nitrogens is 1. The van der Waals surface area contributed by atoms with Gasteiger partial charge in [-0.3, -0.25) is 0 Å². The summed E-state index contributed by atoms with van der Waals surface area (Å²) in [6, 6.07) is 96.8. The normalized spacial score (nSPS) is 11.7. The average molecular weight is 905 g/mol. The minimum atomic E-state index is 0.861. The fourth-order valence-corrected chi connectivity index (χ4v) is 11.1. The van der Waals surface area contributed by atoms with E-state index in [9.17, 15) is 0 Å². The Balaban J connectivity index is 1.00. The highest BCUT2D eigenvalue weighted by Crippen LogP contribution is 2.48. The van der Waals surface area contributed by atoms with Gasteiger partial charge in [-0.2, -0.15) is 0 Å². The summed E-state index contributed by atoms with van der Waals surface area (Å²) in [5.41, 5.74) is 17.4. The lowest BCUT2D eigenvalue weighted by Crippen LogP contribution is -2.11. The summed E-state index contributed by atoms with van der Waals surface area (Å²) < 4.78 is 9.31. The van der Waals surface area contributed by atoms with Crippen molar-refractivity contribution in [2.75, 3.05) is 4.90 Å². The molecule has 2 aromatic heterocycles. The number of anilines is 3. The molecule has 0 saturated carbocycles. The van der Waals surface area contributed by atoms with Gasteiger partial charge in [-0.15, -0.1) is 0 Å². The predicted octanol–water partition coefficient (Wildman–Crippen LogP) is 19.1. The van der Waals surface area contributed by atoms with Gasteiger partial charge >= 0.3 is 0 Å². The first-order valence-electron chi connectivity index (χ1n) is 24.3. The largest absolute Gasteiger partial charge is 0.455 e. The number of nitrogens with zero attached hydrogens (tertiary/aromatic N) is 2. The lowest BCUT2D eigenvalue weighted by atomic mass is 9.93. The predicted molar refractivity (Wildman–Crippen MR) is 299 cm³/mol. The Bertz CT molecular complexity index is 4160. The van der Waals surface area contributed by atoms with Crippen molar-refractivity contribution < 1.29 is 4.42 Å². The van der Waals surface area contributed by atoms with E-state index < -0.39 is 0 Å². The zero-order valence-electron chi connectivity index (χ0n) is 38.7. The third-order valence-electron chi connectivity index (χ3n) is 14.4. The number of benzene rings is 12. The third kappa shape index (κ3) is 6.74. The molecule has 0 unspecified atom stereocenters. The van der Waals surface area contributed by atoms with Crippen LogP contribution in [0, 0.1) is 0 Å². The fourth-order valence-electron chi connectivity index (χ4n) is 11.1. The number of hydrogen-bond acceptors (Lipinski definition) is 2. The molecular weight excluding hydrogens is 861 g/mol. The molecule has 0 atom stereocenters. The molecule has 3 heteroatoms.